The van der Waals surface area contributed by atoms with Gasteiger partial charge in [-0.15, -0.1) is 0 Å². The molecule has 1 heterocycles. The van der Waals surface area contributed by atoms with E-state index in [1.807, 2.05) is 20.8 Å². The van der Waals surface area contributed by atoms with Crippen molar-refractivity contribution in [2.45, 2.75) is 45.2 Å². The average molecular weight is 251 g/mol. The van der Waals surface area contributed by atoms with Crippen molar-refractivity contribution in [3.63, 3.8) is 0 Å². The van der Waals surface area contributed by atoms with Crippen LogP contribution in [-0.2, 0) is 9.47 Å². The molecule has 5 heteroatoms. The van der Waals surface area contributed by atoms with Crippen LogP contribution in [-0.4, -0.2) is 16.8 Å². The molecule has 1 saturated heterocycles. The van der Waals surface area contributed by atoms with E-state index in [2.05, 4.69) is 0 Å². The molecule has 1 aliphatic rings. The minimum Gasteiger partial charge on any atom is -0.347 e. The molecular weight excluding hydrogens is 234 g/mol. The molecule has 2 rings (SSSR count). The fourth-order valence-electron chi connectivity index (χ4n) is 2.27. The molecule has 0 radical (unpaired) electrons. The third-order valence-electron chi connectivity index (χ3n) is 2.93. The molecule has 0 unspecified atom stereocenters. The zero-order chi connectivity index (χ0) is 13.3. The van der Waals surface area contributed by atoms with Gasteiger partial charge in [-0.3, -0.25) is 10.1 Å². The van der Waals surface area contributed by atoms with E-state index in [4.69, 9.17) is 9.47 Å². The van der Waals surface area contributed by atoms with Crippen molar-refractivity contribution in [3.05, 3.63) is 39.9 Å². The van der Waals surface area contributed by atoms with Gasteiger partial charge in [0.05, 0.1) is 17.1 Å². The van der Waals surface area contributed by atoms with Crippen LogP contribution in [0.5, 0.6) is 0 Å². The standard InChI is InChI=1S/C13H17NO4/c1-9-8-12(18-13(2,3)17-9)10-4-6-11(7-5-10)14(15)16/h4-7,9,12H,8H2,1-3H3/t9-,12+/m1/s1. The van der Waals surface area contributed by atoms with Gasteiger partial charge in [-0.2, -0.15) is 0 Å². The Morgan fingerprint density at radius 3 is 2.39 bits per heavy atom. The number of nitrogens with zero attached hydrogens (tertiary/aromatic N) is 1. The lowest BCUT2D eigenvalue weighted by molar-refractivity contribution is -0.384. The van der Waals surface area contributed by atoms with Crippen LogP contribution in [0, 0.1) is 10.1 Å². The molecule has 0 aromatic heterocycles. The second-order valence-corrected chi connectivity index (χ2v) is 5.02. The molecule has 1 fully saturated rings. The maximum Gasteiger partial charge on any atom is 0.269 e. The highest BCUT2D eigenvalue weighted by atomic mass is 16.7. The molecule has 0 aliphatic carbocycles. The topological polar surface area (TPSA) is 61.6 Å². The van der Waals surface area contributed by atoms with E-state index in [9.17, 15) is 10.1 Å². The van der Waals surface area contributed by atoms with Crippen molar-refractivity contribution in [1.29, 1.82) is 0 Å². The van der Waals surface area contributed by atoms with Crippen LogP contribution in [0.3, 0.4) is 0 Å². The molecule has 5 nitrogen and oxygen atoms in total. The van der Waals surface area contributed by atoms with Gasteiger partial charge in [0.25, 0.3) is 5.69 Å². The number of nitro benzene ring substituents is 1. The number of nitro groups is 1. The van der Waals surface area contributed by atoms with E-state index < -0.39 is 10.7 Å². The summed E-state index contributed by atoms with van der Waals surface area (Å²) in [4.78, 5) is 10.2. The van der Waals surface area contributed by atoms with Gasteiger partial charge < -0.3 is 9.47 Å². The maximum atomic E-state index is 10.6. The molecular formula is C13H17NO4. The van der Waals surface area contributed by atoms with Gasteiger partial charge in [0.1, 0.15) is 0 Å². The highest BCUT2D eigenvalue weighted by molar-refractivity contribution is 5.34. The summed E-state index contributed by atoms with van der Waals surface area (Å²) in [6.45, 7) is 5.75. The summed E-state index contributed by atoms with van der Waals surface area (Å²) >= 11 is 0. The summed E-state index contributed by atoms with van der Waals surface area (Å²) in [5.74, 6) is -0.621. The summed E-state index contributed by atoms with van der Waals surface area (Å²) in [6, 6.07) is 6.51. The second kappa shape index (κ2) is 4.66. The fourth-order valence-corrected chi connectivity index (χ4v) is 2.27. The number of hydrogen-bond acceptors (Lipinski definition) is 4. The number of benzene rings is 1. The molecule has 1 aromatic rings. The Kier molecular flexibility index (Phi) is 3.36. The SMILES string of the molecule is C[C@@H]1C[C@@H](c2ccc([N+](=O)[O-])cc2)OC(C)(C)O1. The molecule has 98 valence electrons. The summed E-state index contributed by atoms with van der Waals surface area (Å²) < 4.78 is 11.5. The molecule has 0 bridgehead atoms. The Bertz CT molecular complexity index is 441. The van der Waals surface area contributed by atoms with Gasteiger partial charge in [0, 0.05) is 18.6 Å². The Morgan fingerprint density at radius 1 is 1.28 bits per heavy atom. The van der Waals surface area contributed by atoms with Crippen molar-refractivity contribution in [1.82, 2.24) is 0 Å². The molecule has 0 N–H and O–H groups in total. The van der Waals surface area contributed by atoms with E-state index in [0.29, 0.717) is 0 Å². The second-order valence-electron chi connectivity index (χ2n) is 5.02. The third kappa shape index (κ3) is 2.86. The number of non-ortho nitro benzene ring substituents is 1. The summed E-state index contributed by atoms with van der Waals surface area (Å²) in [7, 11) is 0. The summed E-state index contributed by atoms with van der Waals surface area (Å²) in [6.07, 6.45) is 0.778. The van der Waals surface area contributed by atoms with Gasteiger partial charge in [-0.05, 0) is 38.5 Å². The lowest BCUT2D eigenvalue weighted by atomic mass is 10.0. The molecule has 1 aromatic carbocycles. The van der Waals surface area contributed by atoms with Gasteiger partial charge in [0.15, 0.2) is 5.79 Å². The van der Waals surface area contributed by atoms with E-state index in [-0.39, 0.29) is 17.9 Å². The van der Waals surface area contributed by atoms with Gasteiger partial charge in [0.2, 0.25) is 0 Å². The van der Waals surface area contributed by atoms with Gasteiger partial charge in [-0.25, -0.2) is 0 Å². The van der Waals surface area contributed by atoms with Crippen molar-refractivity contribution < 1.29 is 14.4 Å². The van der Waals surface area contributed by atoms with E-state index in [1.54, 1.807) is 12.1 Å². The van der Waals surface area contributed by atoms with Crippen LogP contribution in [0.1, 0.15) is 38.9 Å². The zero-order valence-electron chi connectivity index (χ0n) is 10.8. The van der Waals surface area contributed by atoms with Crippen LogP contribution in [0.2, 0.25) is 0 Å². The Hall–Kier alpha value is -1.46. The van der Waals surface area contributed by atoms with E-state index in [1.165, 1.54) is 12.1 Å². The minimum absolute atomic E-state index is 0.0791. The Balaban J connectivity index is 2.18. The third-order valence-corrected chi connectivity index (χ3v) is 2.93. The first-order chi connectivity index (χ1) is 8.37. The quantitative estimate of drug-likeness (QED) is 0.598. The van der Waals surface area contributed by atoms with Crippen molar-refractivity contribution in [2.75, 3.05) is 0 Å². The normalized spacial score (nSPS) is 26.8. The summed E-state index contributed by atoms with van der Waals surface area (Å²) in [5, 5.41) is 10.6. The molecule has 1 aliphatic heterocycles. The smallest absolute Gasteiger partial charge is 0.269 e. The summed E-state index contributed by atoms with van der Waals surface area (Å²) in [5.41, 5.74) is 1.04. The molecule has 0 spiro atoms. The number of ether oxygens (including phenoxy) is 2. The number of rotatable bonds is 2. The van der Waals surface area contributed by atoms with Crippen LogP contribution in [0.25, 0.3) is 0 Å². The Labute approximate surface area is 106 Å². The first-order valence-corrected chi connectivity index (χ1v) is 5.97. The molecule has 0 saturated carbocycles. The first kappa shape index (κ1) is 13.0. The Morgan fingerprint density at radius 2 is 1.89 bits per heavy atom. The first-order valence-electron chi connectivity index (χ1n) is 5.97. The van der Waals surface area contributed by atoms with Crippen molar-refractivity contribution in [2.24, 2.45) is 0 Å². The van der Waals surface area contributed by atoms with Crippen molar-refractivity contribution in [3.8, 4) is 0 Å². The number of hydrogen-bond donors (Lipinski definition) is 0. The fraction of sp³-hybridized carbons (Fsp3) is 0.538. The van der Waals surface area contributed by atoms with Crippen LogP contribution >= 0.6 is 0 Å². The van der Waals surface area contributed by atoms with Gasteiger partial charge in [-0.1, -0.05) is 0 Å². The van der Waals surface area contributed by atoms with Crippen LogP contribution in [0.15, 0.2) is 24.3 Å². The maximum absolute atomic E-state index is 10.6. The lowest BCUT2D eigenvalue weighted by Gasteiger charge is -2.39. The van der Waals surface area contributed by atoms with Crippen LogP contribution in [0.4, 0.5) is 5.69 Å². The largest absolute Gasteiger partial charge is 0.347 e. The zero-order valence-corrected chi connectivity index (χ0v) is 10.8. The predicted molar refractivity (Wildman–Crippen MR) is 66.2 cm³/mol. The monoisotopic (exact) mass is 251 g/mol. The molecule has 0 amide bonds. The highest BCUT2D eigenvalue weighted by Crippen LogP contribution is 2.36. The van der Waals surface area contributed by atoms with Gasteiger partial charge >= 0.3 is 0 Å². The minimum atomic E-state index is -0.621. The average Bonchev–Trinajstić information content (AvgIpc) is 2.26. The highest BCUT2D eigenvalue weighted by Gasteiger charge is 2.34. The van der Waals surface area contributed by atoms with Crippen molar-refractivity contribution >= 4 is 5.69 Å². The predicted octanol–water partition coefficient (Wildman–Crippen LogP) is 3.20. The molecule has 18 heavy (non-hydrogen) atoms. The van der Waals surface area contributed by atoms with E-state index in [0.717, 1.165) is 12.0 Å². The molecule has 2 atom stereocenters. The van der Waals surface area contributed by atoms with Crippen LogP contribution < -0.4 is 0 Å². The van der Waals surface area contributed by atoms with E-state index >= 15 is 0 Å². The lowest BCUT2D eigenvalue weighted by Crippen LogP contribution is -2.40.